The normalized spacial score (nSPS) is 11.7. The summed E-state index contributed by atoms with van der Waals surface area (Å²) in [7, 11) is 1.66. The van der Waals surface area contributed by atoms with Crippen molar-refractivity contribution in [1.29, 1.82) is 0 Å². The van der Waals surface area contributed by atoms with Crippen LogP contribution in [0.3, 0.4) is 0 Å². The van der Waals surface area contributed by atoms with Crippen molar-refractivity contribution >= 4 is 39.7 Å². The van der Waals surface area contributed by atoms with E-state index >= 15 is 0 Å². The average molecular weight is 369 g/mol. The summed E-state index contributed by atoms with van der Waals surface area (Å²) in [5.74, 6) is -0.343. The fourth-order valence-corrected chi connectivity index (χ4v) is 3.10. The second-order valence-corrected chi connectivity index (χ2v) is 6.32. The van der Waals surface area contributed by atoms with Crippen LogP contribution in [0.25, 0.3) is 22.1 Å². The number of benzene rings is 1. The molecule has 6 nitrogen and oxygen atoms in total. The minimum absolute atomic E-state index is 0.134. The number of allylic oxidation sites excluding steroid dienone is 3. The molecule has 0 spiro atoms. The summed E-state index contributed by atoms with van der Waals surface area (Å²) in [6.07, 6.45) is 4.87. The smallest absolute Gasteiger partial charge is 0.237 e. The summed E-state index contributed by atoms with van der Waals surface area (Å²) in [6.45, 7) is 7.29. The third-order valence-corrected chi connectivity index (χ3v) is 4.56. The van der Waals surface area contributed by atoms with Gasteiger partial charge in [-0.05, 0) is 30.4 Å². The largest absolute Gasteiger partial charge is 0.338 e. The first-order valence-corrected chi connectivity index (χ1v) is 8.68. The van der Waals surface area contributed by atoms with Gasteiger partial charge >= 0.3 is 0 Å². The zero-order valence-electron chi connectivity index (χ0n) is 14.1. The topological polar surface area (TPSA) is 74.8 Å². The zero-order valence-corrected chi connectivity index (χ0v) is 14.9. The van der Waals surface area contributed by atoms with E-state index in [1.165, 1.54) is 28.8 Å². The molecule has 0 aliphatic heterocycles. The summed E-state index contributed by atoms with van der Waals surface area (Å²) >= 11 is 1.17. The number of nitrogens with zero attached hydrogens (tertiary/aromatic N) is 4. The molecule has 0 bridgehead atoms. The maximum absolute atomic E-state index is 13.4. The number of aromatic nitrogens is 4. The average Bonchev–Trinajstić information content (AvgIpc) is 3.00. The van der Waals surface area contributed by atoms with E-state index < -0.39 is 0 Å². The molecular weight excluding hydrogens is 353 g/mol. The van der Waals surface area contributed by atoms with Crippen molar-refractivity contribution in [3.63, 3.8) is 0 Å². The van der Waals surface area contributed by atoms with Gasteiger partial charge in [0.15, 0.2) is 5.65 Å². The molecule has 8 heteroatoms. The van der Waals surface area contributed by atoms with Gasteiger partial charge < -0.3 is 9.88 Å². The first-order valence-electron chi connectivity index (χ1n) is 7.69. The van der Waals surface area contributed by atoms with Crippen molar-refractivity contribution in [2.75, 3.05) is 12.8 Å². The number of amides is 1. The van der Waals surface area contributed by atoms with Crippen molar-refractivity contribution in [3.8, 4) is 0 Å². The molecule has 0 fully saturated rings. The minimum atomic E-state index is -0.349. The van der Waals surface area contributed by atoms with Crippen molar-refractivity contribution in [3.05, 3.63) is 61.1 Å². The molecule has 0 atom stereocenters. The van der Waals surface area contributed by atoms with Gasteiger partial charge in [0, 0.05) is 23.6 Å². The lowest BCUT2D eigenvalue weighted by molar-refractivity contribution is -0.125. The molecule has 3 aromatic rings. The summed E-state index contributed by atoms with van der Waals surface area (Å²) in [5.41, 5.74) is 2.38. The molecule has 1 aromatic carbocycles. The molecule has 0 unspecified atom stereocenters. The lowest BCUT2D eigenvalue weighted by Gasteiger charge is -2.17. The van der Waals surface area contributed by atoms with Crippen LogP contribution in [0.1, 0.15) is 0 Å². The van der Waals surface area contributed by atoms with E-state index in [-0.39, 0.29) is 17.5 Å². The third kappa shape index (κ3) is 3.50. The van der Waals surface area contributed by atoms with Crippen LogP contribution < -0.4 is 0 Å². The first-order chi connectivity index (χ1) is 12.5. The van der Waals surface area contributed by atoms with E-state index in [9.17, 15) is 9.18 Å². The van der Waals surface area contributed by atoms with E-state index in [2.05, 4.69) is 33.3 Å². The van der Waals surface area contributed by atoms with Crippen LogP contribution in [0.5, 0.6) is 0 Å². The molecule has 3 rings (SSSR count). The molecule has 0 saturated carbocycles. The highest BCUT2D eigenvalue weighted by atomic mass is 32.2. The van der Waals surface area contributed by atoms with E-state index in [0.29, 0.717) is 27.4 Å². The molecule has 0 saturated heterocycles. The van der Waals surface area contributed by atoms with Crippen LogP contribution in [0.2, 0.25) is 0 Å². The highest BCUT2D eigenvalue weighted by Gasteiger charge is 2.14. The number of fused-ring (bicyclic) bond motifs is 3. The molecule has 1 N–H and O–H groups in total. The molecular formula is C18H16FN5OS. The zero-order chi connectivity index (χ0) is 18.7. The molecule has 1 amide bonds. The van der Waals surface area contributed by atoms with Gasteiger partial charge in [-0.25, -0.2) is 9.37 Å². The molecule has 0 aliphatic carbocycles. The van der Waals surface area contributed by atoms with Crippen LogP contribution in [0, 0.1) is 5.82 Å². The van der Waals surface area contributed by atoms with Gasteiger partial charge in [0.1, 0.15) is 11.3 Å². The fraction of sp³-hybridized carbons (Fsp3) is 0.111. The number of hydrogen-bond donors (Lipinski definition) is 1. The van der Waals surface area contributed by atoms with Crippen LogP contribution >= 0.6 is 11.8 Å². The quantitative estimate of drug-likeness (QED) is 0.532. The van der Waals surface area contributed by atoms with Crippen molar-refractivity contribution < 1.29 is 9.18 Å². The molecule has 0 aliphatic rings. The predicted molar refractivity (Wildman–Crippen MR) is 101 cm³/mol. The van der Waals surface area contributed by atoms with Gasteiger partial charge in [0.25, 0.3) is 0 Å². The molecule has 132 valence electrons. The Bertz CT molecular complexity index is 1040. The van der Waals surface area contributed by atoms with E-state index in [1.54, 1.807) is 31.3 Å². The molecule has 0 radical (unpaired) electrons. The number of carbonyl (C=O) groups is 1. The highest BCUT2D eigenvalue weighted by molar-refractivity contribution is 7.99. The van der Waals surface area contributed by atoms with Crippen LogP contribution in [-0.4, -0.2) is 43.8 Å². The number of rotatable bonds is 6. The maximum Gasteiger partial charge on any atom is 0.237 e. The second kappa shape index (κ2) is 7.49. The van der Waals surface area contributed by atoms with Gasteiger partial charge in [0.05, 0.1) is 5.75 Å². The van der Waals surface area contributed by atoms with Crippen molar-refractivity contribution in [1.82, 2.24) is 25.1 Å². The van der Waals surface area contributed by atoms with Gasteiger partial charge in [-0.15, -0.1) is 10.2 Å². The van der Waals surface area contributed by atoms with Crippen LogP contribution in [0.4, 0.5) is 4.39 Å². The lowest BCUT2D eigenvalue weighted by Crippen LogP contribution is -2.27. The molecule has 2 heterocycles. The van der Waals surface area contributed by atoms with Gasteiger partial charge in [-0.2, -0.15) is 0 Å². The highest BCUT2D eigenvalue weighted by Crippen LogP contribution is 2.24. The number of halogens is 1. The number of likely N-dealkylation sites (N-methyl/N-ethyl adjacent to an activating group) is 1. The number of aromatic amines is 1. The van der Waals surface area contributed by atoms with Crippen LogP contribution in [-0.2, 0) is 4.79 Å². The monoisotopic (exact) mass is 369 g/mol. The standard InChI is InChI=1S/C18H16FN5OS/c1-4-6-12(5-2)24(3)15(25)10-26-18-21-17-16(22-23-18)13-9-11(19)7-8-14(13)20-17/h4-9H,1-2,10H2,3H3,(H,20,21,23)/b12-6+. The number of carbonyl (C=O) groups excluding carboxylic acids is 1. The van der Waals surface area contributed by atoms with Gasteiger partial charge in [-0.1, -0.05) is 31.0 Å². The Morgan fingerprint density at radius 1 is 1.38 bits per heavy atom. The number of nitrogens with one attached hydrogen (secondary N) is 1. The summed E-state index contributed by atoms with van der Waals surface area (Å²) in [4.78, 5) is 21.2. The lowest BCUT2D eigenvalue weighted by atomic mass is 10.2. The van der Waals surface area contributed by atoms with Crippen molar-refractivity contribution in [2.45, 2.75) is 5.16 Å². The Hall–Kier alpha value is -3.00. The summed E-state index contributed by atoms with van der Waals surface area (Å²) in [6, 6.07) is 4.38. The third-order valence-electron chi connectivity index (χ3n) is 3.74. The SMILES string of the molecule is C=C/C=C(\C=C)N(C)C(=O)CSc1nnc2c(n1)[nH]c1ccc(F)cc12. The Balaban J connectivity index is 1.78. The number of H-pyrrole nitrogens is 1. The Labute approximate surface area is 153 Å². The minimum Gasteiger partial charge on any atom is -0.338 e. The second-order valence-electron chi connectivity index (χ2n) is 5.38. The number of hydrogen-bond acceptors (Lipinski definition) is 5. The summed E-state index contributed by atoms with van der Waals surface area (Å²) < 4.78 is 13.4. The van der Waals surface area contributed by atoms with E-state index in [0.717, 1.165) is 5.52 Å². The van der Waals surface area contributed by atoms with Crippen LogP contribution in [0.15, 0.2) is 60.4 Å². The fourth-order valence-electron chi connectivity index (χ4n) is 2.39. The summed E-state index contributed by atoms with van der Waals surface area (Å²) in [5, 5.41) is 9.13. The molecule has 2 aromatic heterocycles. The van der Waals surface area contributed by atoms with Gasteiger partial charge in [-0.3, -0.25) is 4.79 Å². The molecule has 26 heavy (non-hydrogen) atoms. The Kier molecular flexibility index (Phi) is 5.13. The van der Waals surface area contributed by atoms with E-state index in [1.807, 2.05) is 0 Å². The first kappa shape index (κ1) is 17.8. The van der Waals surface area contributed by atoms with E-state index in [4.69, 9.17) is 0 Å². The number of thioether (sulfide) groups is 1. The predicted octanol–water partition coefficient (Wildman–Crippen LogP) is 3.45. The maximum atomic E-state index is 13.4. The Morgan fingerprint density at radius 3 is 2.92 bits per heavy atom. The Morgan fingerprint density at radius 2 is 2.19 bits per heavy atom. The van der Waals surface area contributed by atoms with Crippen molar-refractivity contribution in [2.24, 2.45) is 0 Å². The van der Waals surface area contributed by atoms with Gasteiger partial charge in [0.2, 0.25) is 11.1 Å².